The molecule has 0 saturated heterocycles. The van der Waals surface area contributed by atoms with Crippen LogP contribution in [-0.2, 0) is 12.8 Å². The van der Waals surface area contributed by atoms with E-state index in [4.69, 9.17) is 22.2 Å². The molecule has 0 aromatic heterocycles. The molecule has 2 aromatic carbocycles. The third kappa shape index (κ3) is 6.44. The Kier molecular flexibility index (Phi) is 7.74. The van der Waals surface area contributed by atoms with Gasteiger partial charge in [-0.05, 0) is 61.3 Å². The Labute approximate surface area is 154 Å². The Morgan fingerprint density at radius 3 is 2.64 bits per heavy atom. The van der Waals surface area contributed by atoms with Gasteiger partial charge in [-0.2, -0.15) is 5.26 Å². The van der Waals surface area contributed by atoms with Crippen LogP contribution in [-0.4, -0.2) is 18.3 Å². The van der Waals surface area contributed by atoms with Crippen LogP contribution in [0.15, 0.2) is 48.5 Å². The smallest absolute Gasteiger partial charge is 0.170 e. The maximum Gasteiger partial charge on any atom is 0.170 e. The van der Waals surface area contributed by atoms with Crippen molar-refractivity contribution < 1.29 is 4.74 Å². The maximum absolute atomic E-state index is 8.68. The molecule has 0 fully saturated rings. The van der Waals surface area contributed by atoms with E-state index < -0.39 is 0 Å². The van der Waals surface area contributed by atoms with Crippen LogP contribution >= 0.6 is 12.2 Å². The predicted molar refractivity (Wildman–Crippen MR) is 106 cm³/mol. The Hall–Kier alpha value is -2.58. The molecule has 0 aliphatic carbocycles. The lowest BCUT2D eigenvalue weighted by molar-refractivity contribution is 0.336. The van der Waals surface area contributed by atoms with Gasteiger partial charge in [-0.3, -0.25) is 0 Å². The quantitative estimate of drug-likeness (QED) is 0.553. The monoisotopic (exact) mass is 353 g/mol. The van der Waals surface area contributed by atoms with E-state index in [0.717, 1.165) is 36.4 Å². The molecule has 0 atom stereocenters. The number of ether oxygens (including phenoxy) is 1. The number of anilines is 1. The zero-order valence-corrected chi connectivity index (χ0v) is 15.2. The Morgan fingerprint density at radius 1 is 1.16 bits per heavy atom. The average Bonchev–Trinajstić information content (AvgIpc) is 2.62. The summed E-state index contributed by atoms with van der Waals surface area (Å²) in [5, 5.41) is 15.7. The molecule has 2 rings (SSSR count). The van der Waals surface area contributed by atoms with E-state index in [-0.39, 0.29) is 0 Å². The van der Waals surface area contributed by atoms with Gasteiger partial charge in [-0.1, -0.05) is 30.3 Å². The van der Waals surface area contributed by atoms with E-state index in [1.165, 1.54) is 5.56 Å². The van der Waals surface area contributed by atoms with Crippen LogP contribution in [0.25, 0.3) is 0 Å². The lowest BCUT2D eigenvalue weighted by atomic mass is 10.1. The second-order valence-electron chi connectivity index (χ2n) is 5.56. The fraction of sp³-hybridized carbons (Fsp3) is 0.300. The minimum Gasteiger partial charge on any atom is -0.494 e. The molecule has 0 aliphatic heterocycles. The third-order valence-electron chi connectivity index (χ3n) is 3.68. The van der Waals surface area contributed by atoms with E-state index in [1.54, 1.807) is 0 Å². The summed E-state index contributed by atoms with van der Waals surface area (Å²) in [5.41, 5.74) is 3.14. The molecule has 0 unspecified atom stereocenters. The Bertz CT molecular complexity index is 722. The van der Waals surface area contributed by atoms with Gasteiger partial charge in [-0.15, -0.1) is 0 Å². The number of benzene rings is 2. The van der Waals surface area contributed by atoms with Crippen molar-refractivity contribution in [3.05, 3.63) is 59.7 Å². The summed E-state index contributed by atoms with van der Waals surface area (Å²) in [6.07, 6.45) is 2.33. The molecule has 0 heterocycles. The van der Waals surface area contributed by atoms with E-state index >= 15 is 0 Å². The molecule has 2 aromatic rings. The number of thiocarbonyl (C=S) groups is 1. The molecule has 2 N–H and O–H groups in total. The first-order chi connectivity index (χ1) is 12.2. The van der Waals surface area contributed by atoms with Gasteiger partial charge in [0.1, 0.15) is 5.75 Å². The fourth-order valence-corrected chi connectivity index (χ4v) is 2.68. The minimum absolute atomic E-state index is 0.423. The highest BCUT2D eigenvalue weighted by Crippen LogP contribution is 2.19. The average molecular weight is 353 g/mol. The second-order valence-corrected chi connectivity index (χ2v) is 5.97. The van der Waals surface area contributed by atoms with Crippen molar-refractivity contribution in [2.75, 3.05) is 18.5 Å². The number of hydrogen-bond acceptors (Lipinski definition) is 3. The van der Waals surface area contributed by atoms with Gasteiger partial charge in [0.2, 0.25) is 0 Å². The van der Waals surface area contributed by atoms with Gasteiger partial charge in [0.05, 0.1) is 19.1 Å². The molecule has 0 aliphatic rings. The SMILES string of the molecule is CCOc1ccccc1CCCNC(=S)Nc1ccc(CC#N)cc1. The van der Waals surface area contributed by atoms with Gasteiger partial charge in [0.25, 0.3) is 0 Å². The van der Waals surface area contributed by atoms with E-state index in [9.17, 15) is 0 Å². The zero-order valence-electron chi connectivity index (χ0n) is 14.4. The van der Waals surface area contributed by atoms with Crippen LogP contribution in [0.1, 0.15) is 24.5 Å². The molecular weight excluding hydrogens is 330 g/mol. The number of para-hydroxylation sites is 1. The number of nitrogens with zero attached hydrogens (tertiary/aromatic N) is 1. The van der Waals surface area contributed by atoms with Crippen LogP contribution < -0.4 is 15.4 Å². The largest absolute Gasteiger partial charge is 0.494 e. The first-order valence-corrected chi connectivity index (χ1v) is 8.85. The third-order valence-corrected chi connectivity index (χ3v) is 3.92. The highest BCUT2D eigenvalue weighted by molar-refractivity contribution is 7.80. The van der Waals surface area contributed by atoms with Crippen molar-refractivity contribution in [1.82, 2.24) is 5.32 Å². The number of nitriles is 1. The molecule has 0 spiro atoms. The first kappa shape index (κ1) is 18.8. The summed E-state index contributed by atoms with van der Waals surface area (Å²) < 4.78 is 5.64. The van der Waals surface area contributed by atoms with Gasteiger partial charge < -0.3 is 15.4 Å². The highest BCUT2D eigenvalue weighted by atomic mass is 32.1. The molecule has 0 radical (unpaired) electrons. The summed E-state index contributed by atoms with van der Waals surface area (Å²) in [6.45, 7) is 3.46. The summed E-state index contributed by atoms with van der Waals surface area (Å²) in [5.74, 6) is 0.961. The Morgan fingerprint density at radius 2 is 1.92 bits per heavy atom. The summed E-state index contributed by atoms with van der Waals surface area (Å²) in [6, 6.07) is 18.0. The van der Waals surface area contributed by atoms with Gasteiger partial charge >= 0.3 is 0 Å². The fourth-order valence-electron chi connectivity index (χ4n) is 2.46. The van der Waals surface area contributed by atoms with Crippen molar-refractivity contribution in [2.45, 2.75) is 26.2 Å². The summed E-state index contributed by atoms with van der Waals surface area (Å²) >= 11 is 5.32. The van der Waals surface area contributed by atoms with Crippen molar-refractivity contribution in [1.29, 1.82) is 5.26 Å². The highest BCUT2D eigenvalue weighted by Gasteiger charge is 2.03. The molecule has 0 bridgehead atoms. The van der Waals surface area contributed by atoms with Crippen molar-refractivity contribution in [2.24, 2.45) is 0 Å². The van der Waals surface area contributed by atoms with Crippen LogP contribution in [0.3, 0.4) is 0 Å². The Balaban J connectivity index is 1.73. The molecule has 25 heavy (non-hydrogen) atoms. The lowest BCUT2D eigenvalue weighted by Gasteiger charge is -2.12. The second kappa shape index (κ2) is 10.3. The molecule has 0 amide bonds. The number of hydrogen-bond donors (Lipinski definition) is 2. The predicted octanol–water partition coefficient (Wildman–Crippen LogP) is 4.07. The molecule has 130 valence electrons. The van der Waals surface area contributed by atoms with Crippen LogP contribution in [0.2, 0.25) is 0 Å². The molecule has 5 heteroatoms. The van der Waals surface area contributed by atoms with E-state index in [1.807, 2.05) is 49.4 Å². The van der Waals surface area contributed by atoms with Gasteiger partial charge in [0.15, 0.2) is 5.11 Å². The molecule has 0 saturated carbocycles. The molecular formula is C20H23N3OS. The standard InChI is InChI=1S/C20H23N3OS/c1-2-24-19-8-4-3-6-17(19)7-5-15-22-20(25)23-18-11-9-16(10-12-18)13-14-21/h3-4,6,8-12H,2,5,7,13,15H2,1H3,(H2,22,23,25). The number of rotatable bonds is 8. The van der Waals surface area contributed by atoms with E-state index in [2.05, 4.69) is 22.8 Å². The topological polar surface area (TPSA) is 57.1 Å². The number of aryl methyl sites for hydroxylation is 1. The zero-order chi connectivity index (χ0) is 17.9. The first-order valence-electron chi connectivity index (χ1n) is 8.44. The minimum atomic E-state index is 0.423. The van der Waals surface area contributed by atoms with E-state index in [0.29, 0.717) is 18.1 Å². The van der Waals surface area contributed by atoms with Gasteiger partial charge in [-0.25, -0.2) is 0 Å². The van der Waals surface area contributed by atoms with Crippen LogP contribution in [0.5, 0.6) is 5.75 Å². The normalized spacial score (nSPS) is 9.92. The van der Waals surface area contributed by atoms with Crippen molar-refractivity contribution in [3.63, 3.8) is 0 Å². The van der Waals surface area contributed by atoms with Crippen molar-refractivity contribution >= 4 is 23.0 Å². The summed E-state index contributed by atoms with van der Waals surface area (Å²) in [7, 11) is 0. The number of nitrogens with one attached hydrogen (secondary N) is 2. The van der Waals surface area contributed by atoms with Crippen LogP contribution in [0, 0.1) is 11.3 Å². The maximum atomic E-state index is 8.68. The van der Waals surface area contributed by atoms with Gasteiger partial charge in [0, 0.05) is 12.2 Å². The van der Waals surface area contributed by atoms with Crippen molar-refractivity contribution in [3.8, 4) is 11.8 Å². The summed E-state index contributed by atoms with van der Waals surface area (Å²) in [4.78, 5) is 0. The molecule has 4 nitrogen and oxygen atoms in total. The van der Waals surface area contributed by atoms with Crippen LogP contribution in [0.4, 0.5) is 5.69 Å². The lowest BCUT2D eigenvalue weighted by Crippen LogP contribution is -2.29.